The zero-order valence-corrected chi connectivity index (χ0v) is 13.5. The molecule has 0 atom stereocenters. The van der Waals surface area contributed by atoms with Gasteiger partial charge in [-0.15, -0.1) is 0 Å². The highest BCUT2D eigenvalue weighted by atomic mass is 79.9. The molecule has 18 heavy (non-hydrogen) atoms. The van der Waals surface area contributed by atoms with E-state index in [-0.39, 0.29) is 0 Å². The summed E-state index contributed by atoms with van der Waals surface area (Å²) in [5.41, 5.74) is 3.12. The molecule has 1 aromatic rings. The molecule has 0 aromatic heterocycles. The average molecular weight is 331 g/mol. The van der Waals surface area contributed by atoms with Crippen LogP contribution in [0.3, 0.4) is 0 Å². The second-order valence-electron chi connectivity index (χ2n) is 5.91. The van der Waals surface area contributed by atoms with E-state index in [9.17, 15) is 0 Å². The largest absolute Gasteiger partial charge is 0.371 e. The molecule has 1 nitrogen and oxygen atoms in total. The van der Waals surface area contributed by atoms with Crippen LogP contribution in [-0.2, 0) is 5.33 Å². The highest BCUT2D eigenvalue weighted by Gasteiger charge is 2.23. The molecule has 0 radical (unpaired) electrons. The summed E-state index contributed by atoms with van der Waals surface area (Å²) >= 11 is 9.64. The van der Waals surface area contributed by atoms with Gasteiger partial charge in [-0.2, -0.15) is 0 Å². The summed E-state index contributed by atoms with van der Waals surface area (Å²) in [6.07, 6.45) is 3.86. The maximum absolute atomic E-state index is 6.07. The first-order valence-corrected chi connectivity index (χ1v) is 8.11. The van der Waals surface area contributed by atoms with Crippen molar-refractivity contribution in [3.8, 4) is 0 Å². The van der Waals surface area contributed by atoms with E-state index in [4.69, 9.17) is 11.6 Å². The molecule has 1 fully saturated rings. The van der Waals surface area contributed by atoms with Crippen molar-refractivity contribution >= 4 is 33.2 Å². The molecule has 1 aliphatic rings. The first kappa shape index (κ1) is 14.2. The van der Waals surface area contributed by atoms with Crippen LogP contribution in [-0.4, -0.2) is 13.1 Å². The van der Waals surface area contributed by atoms with Gasteiger partial charge >= 0.3 is 0 Å². The van der Waals surface area contributed by atoms with Crippen molar-refractivity contribution in [2.45, 2.75) is 38.4 Å². The third-order valence-corrected chi connectivity index (χ3v) is 4.71. The summed E-state index contributed by atoms with van der Waals surface area (Å²) in [4.78, 5) is 2.52. The Hall–Kier alpha value is -0.210. The smallest absolute Gasteiger partial charge is 0.0410 e. The van der Waals surface area contributed by atoms with E-state index in [1.807, 2.05) is 6.07 Å². The van der Waals surface area contributed by atoms with Gasteiger partial charge in [0.25, 0.3) is 0 Å². The second kappa shape index (κ2) is 5.83. The molecule has 1 aromatic carbocycles. The number of nitrogens with zero attached hydrogens (tertiary/aromatic N) is 1. The van der Waals surface area contributed by atoms with Gasteiger partial charge in [-0.25, -0.2) is 0 Å². The van der Waals surface area contributed by atoms with Gasteiger partial charge in [-0.05, 0) is 48.4 Å². The Kier molecular flexibility index (Phi) is 4.60. The van der Waals surface area contributed by atoms with E-state index >= 15 is 0 Å². The van der Waals surface area contributed by atoms with Gasteiger partial charge in [-0.3, -0.25) is 0 Å². The molecule has 2 rings (SSSR count). The highest BCUT2D eigenvalue weighted by Crippen LogP contribution is 2.33. The minimum Gasteiger partial charge on any atom is -0.371 e. The van der Waals surface area contributed by atoms with Crippen LogP contribution in [0.2, 0.25) is 5.02 Å². The van der Waals surface area contributed by atoms with Crippen LogP contribution in [0.5, 0.6) is 0 Å². The number of benzene rings is 1. The molecular weight excluding hydrogens is 310 g/mol. The highest BCUT2D eigenvalue weighted by molar-refractivity contribution is 9.08. The Morgan fingerprint density at radius 3 is 2.78 bits per heavy atom. The molecular formula is C15H21BrClN. The van der Waals surface area contributed by atoms with Crippen LogP contribution in [0.1, 0.15) is 38.7 Å². The van der Waals surface area contributed by atoms with Crippen LogP contribution in [0.4, 0.5) is 5.69 Å². The third-order valence-electron chi connectivity index (χ3n) is 3.87. The van der Waals surface area contributed by atoms with Gasteiger partial charge in [0, 0.05) is 29.1 Å². The Morgan fingerprint density at radius 2 is 2.06 bits per heavy atom. The quantitative estimate of drug-likeness (QED) is 0.669. The SMILES string of the molecule is CC1(C)CCCN(c2ccc(Cl)cc2CBr)CC1. The molecule has 0 N–H and O–H groups in total. The zero-order valence-electron chi connectivity index (χ0n) is 11.2. The van der Waals surface area contributed by atoms with E-state index in [0.717, 1.165) is 23.4 Å². The van der Waals surface area contributed by atoms with Gasteiger partial charge in [0.1, 0.15) is 0 Å². The number of rotatable bonds is 2. The van der Waals surface area contributed by atoms with Crippen LogP contribution in [0.25, 0.3) is 0 Å². The van der Waals surface area contributed by atoms with Gasteiger partial charge in [0.05, 0.1) is 0 Å². The predicted octanol–water partition coefficient (Wildman–Crippen LogP) is 5.25. The number of halogens is 2. The first-order valence-electron chi connectivity index (χ1n) is 6.61. The lowest BCUT2D eigenvalue weighted by Crippen LogP contribution is -2.25. The number of alkyl halides is 1. The Bertz CT molecular complexity index is 417. The van der Waals surface area contributed by atoms with Crippen molar-refractivity contribution in [1.29, 1.82) is 0 Å². The van der Waals surface area contributed by atoms with Gasteiger partial charge in [0.2, 0.25) is 0 Å². The Balaban J connectivity index is 2.21. The lowest BCUT2D eigenvalue weighted by molar-refractivity contribution is 0.325. The molecule has 0 saturated carbocycles. The molecule has 0 amide bonds. The van der Waals surface area contributed by atoms with Crippen molar-refractivity contribution in [3.63, 3.8) is 0 Å². The zero-order chi connectivity index (χ0) is 13.2. The molecule has 3 heteroatoms. The summed E-state index contributed by atoms with van der Waals surface area (Å²) < 4.78 is 0. The van der Waals surface area contributed by atoms with Crippen molar-refractivity contribution < 1.29 is 0 Å². The van der Waals surface area contributed by atoms with Crippen LogP contribution in [0, 0.1) is 5.41 Å². The average Bonchev–Trinajstić information content (AvgIpc) is 2.50. The Morgan fingerprint density at radius 1 is 1.28 bits per heavy atom. The van der Waals surface area contributed by atoms with E-state index in [1.54, 1.807) is 0 Å². The fraction of sp³-hybridized carbons (Fsp3) is 0.600. The Labute approximate surface area is 124 Å². The normalized spacial score (nSPS) is 19.7. The lowest BCUT2D eigenvalue weighted by atomic mass is 9.85. The predicted molar refractivity (Wildman–Crippen MR) is 83.9 cm³/mol. The standard InChI is InChI=1S/C15H21BrClN/c1-15(2)6-3-8-18(9-7-15)14-5-4-13(17)10-12(14)11-16/h4-5,10H,3,6-9,11H2,1-2H3. The minimum absolute atomic E-state index is 0.482. The molecule has 0 unspecified atom stereocenters. The van der Waals surface area contributed by atoms with Crippen LogP contribution >= 0.6 is 27.5 Å². The summed E-state index contributed by atoms with van der Waals surface area (Å²) in [7, 11) is 0. The molecule has 0 spiro atoms. The van der Waals surface area contributed by atoms with Gasteiger partial charge in [0.15, 0.2) is 0 Å². The fourth-order valence-electron chi connectivity index (χ4n) is 2.63. The van der Waals surface area contributed by atoms with Gasteiger partial charge < -0.3 is 4.90 Å². The molecule has 0 aliphatic carbocycles. The maximum Gasteiger partial charge on any atom is 0.0410 e. The fourth-order valence-corrected chi connectivity index (χ4v) is 3.28. The maximum atomic E-state index is 6.07. The summed E-state index contributed by atoms with van der Waals surface area (Å²) in [6, 6.07) is 6.23. The second-order valence-corrected chi connectivity index (χ2v) is 6.91. The van der Waals surface area contributed by atoms with Gasteiger partial charge in [-0.1, -0.05) is 41.4 Å². The number of anilines is 1. The van der Waals surface area contributed by atoms with Crippen molar-refractivity contribution in [1.82, 2.24) is 0 Å². The van der Waals surface area contributed by atoms with E-state index in [2.05, 4.69) is 46.8 Å². The van der Waals surface area contributed by atoms with Crippen LogP contribution < -0.4 is 4.90 Å². The molecule has 100 valence electrons. The molecule has 1 aliphatic heterocycles. The van der Waals surface area contributed by atoms with Crippen molar-refractivity contribution in [2.24, 2.45) is 5.41 Å². The molecule has 0 bridgehead atoms. The monoisotopic (exact) mass is 329 g/mol. The number of hydrogen-bond acceptors (Lipinski definition) is 1. The summed E-state index contributed by atoms with van der Waals surface area (Å²) in [6.45, 7) is 7.06. The molecule has 1 heterocycles. The third kappa shape index (κ3) is 3.42. The van der Waals surface area contributed by atoms with E-state index in [1.165, 1.54) is 30.5 Å². The van der Waals surface area contributed by atoms with Crippen molar-refractivity contribution in [3.05, 3.63) is 28.8 Å². The number of hydrogen-bond donors (Lipinski definition) is 0. The lowest BCUT2D eigenvalue weighted by Gasteiger charge is -2.26. The van der Waals surface area contributed by atoms with Crippen LogP contribution in [0.15, 0.2) is 18.2 Å². The van der Waals surface area contributed by atoms with Crippen molar-refractivity contribution in [2.75, 3.05) is 18.0 Å². The molecule has 1 saturated heterocycles. The summed E-state index contributed by atoms with van der Waals surface area (Å²) in [5.74, 6) is 0. The summed E-state index contributed by atoms with van der Waals surface area (Å²) in [5, 5.41) is 1.69. The van der Waals surface area contributed by atoms with E-state index < -0.39 is 0 Å². The minimum atomic E-state index is 0.482. The van der Waals surface area contributed by atoms with E-state index in [0.29, 0.717) is 5.41 Å². The first-order chi connectivity index (χ1) is 8.52. The topological polar surface area (TPSA) is 3.24 Å².